The summed E-state index contributed by atoms with van der Waals surface area (Å²) in [7, 11) is 1.66. The Balaban J connectivity index is 2.29. The van der Waals surface area contributed by atoms with Crippen molar-refractivity contribution in [3.8, 4) is 0 Å². The molecule has 0 spiro atoms. The van der Waals surface area contributed by atoms with Crippen LogP contribution in [0.25, 0.3) is 0 Å². The van der Waals surface area contributed by atoms with Crippen LogP contribution in [0.5, 0.6) is 0 Å². The maximum absolute atomic E-state index is 11.8. The second kappa shape index (κ2) is 6.21. The van der Waals surface area contributed by atoms with Crippen LogP contribution in [-0.2, 0) is 9.53 Å². The van der Waals surface area contributed by atoms with Gasteiger partial charge in [0.1, 0.15) is 0 Å². The van der Waals surface area contributed by atoms with Crippen LogP contribution in [0, 0.1) is 0 Å². The van der Waals surface area contributed by atoms with E-state index in [0.29, 0.717) is 13.0 Å². The number of hydrogen-bond donors (Lipinski definition) is 2. The molecule has 0 radical (unpaired) electrons. The van der Waals surface area contributed by atoms with E-state index in [2.05, 4.69) is 12.2 Å². The van der Waals surface area contributed by atoms with E-state index in [9.17, 15) is 4.79 Å². The van der Waals surface area contributed by atoms with Gasteiger partial charge in [-0.1, -0.05) is 13.3 Å². The molecular weight excluding hydrogens is 204 g/mol. The van der Waals surface area contributed by atoms with Crippen molar-refractivity contribution in [1.82, 2.24) is 5.32 Å². The number of ether oxygens (including phenoxy) is 1. The van der Waals surface area contributed by atoms with E-state index in [1.165, 1.54) is 0 Å². The molecule has 1 atom stereocenters. The van der Waals surface area contributed by atoms with E-state index in [4.69, 9.17) is 10.5 Å². The van der Waals surface area contributed by atoms with Gasteiger partial charge in [-0.25, -0.2) is 0 Å². The lowest BCUT2D eigenvalue weighted by Gasteiger charge is -2.37. The highest BCUT2D eigenvalue weighted by atomic mass is 16.5. The van der Waals surface area contributed by atoms with Gasteiger partial charge in [0.05, 0.1) is 12.6 Å². The summed E-state index contributed by atoms with van der Waals surface area (Å²) in [4.78, 5) is 11.8. The molecule has 16 heavy (non-hydrogen) atoms. The molecule has 1 fully saturated rings. The van der Waals surface area contributed by atoms with Crippen molar-refractivity contribution in [3.05, 3.63) is 0 Å². The molecule has 1 saturated carbocycles. The highest BCUT2D eigenvalue weighted by molar-refractivity contribution is 5.77. The molecule has 0 saturated heterocycles. The molecular formula is C12H24N2O2. The number of carbonyl (C=O) groups is 1. The summed E-state index contributed by atoms with van der Waals surface area (Å²) in [5.41, 5.74) is 5.81. The lowest BCUT2D eigenvalue weighted by atomic mass is 9.75. The van der Waals surface area contributed by atoms with Gasteiger partial charge in [0.25, 0.3) is 0 Å². The monoisotopic (exact) mass is 228 g/mol. The first-order chi connectivity index (χ1) is 7.59. The van der Waals surface area contributed by atoms with Crippen molar-refractivity contribution in [1.29, 1.82) is 0 Å². The predicted molar refractivity (Wildman–Crippen MR) is 64.1 cm³/mol. The van der Waals surface area contributed by atoms with Crippen LogP contribution < -0.4 is 11.1 Å². The minimum absolute atomic E-state index is 0.0673. The highest BCUT2D eigenvalue weighted by Gasteiger charge is 2.34. The smallest absolute Gasteiger partial charge is 0.222 e. The van der Waals surface area contributed by atoms with E-state index < -0.39 is 0 Å². The lowest BCUT2D eigenvalue weighted by molar-refractivity contribution is -0.124. The Kier molecular flexibility index (Phi) is 5.22. The fourth-order valence-electron chi connectivity index (χ4n) is 2.15. The van der Waals surface area contributed by atoms with Crippen LogP contribution in [-0.4, -0.2) is 31.2 Å². The van der Waals surface area contributed by atoms with Crippen LogP contribution in [0.1, 0.15) is 45.4 Å². The molecule has 4 nitrogen and oxygen atoms in total. The van der Waals surface area contributed by atoms with Crippen molar-refractivity contribution in [2.75, 3.05) is 13.7 Å². The summed E-state index contributed by atoms with van der Waals surface area (Å²) in [5, 5.41) is 3.00. The predicted octanol–water partition coefficient (Wildman–Crippen LogP) is 1.19. The molecule has 4 heteroatoms. The molecule has 0 heterocycles. The number of methoxy groups -OCH3 is 1. The lowest BCUT2D eigenvalue weighted by Crippen LogP contribution is -2.51. The highest BCUT2D eigenvalue weighted by Crippen LogP contribution is 2.31. The molecule has 0 aromatic carbocycles. The van der Waals surface area contributed by atoms with E-state index in [1.54, 1.807) is 7.11 Å². The van der Waals surface area contributed by atoms with Gasteiger partial charge in [-0.15, -0.1) is 0 Å². The molecule has 0 aliphatic heterocycles. The average molecular weight is 228 g/mol. The first-order valence-electron chi connectivity index (χ1n) is 6.17. The Bertz CT molecular complexity index is 221. The summed E-state index contributed by atoms with van der Waals surface area (Å²) >= 11 is 0. The van der Waals surface area contributed by atoms with Gasteiger partial charge < -0.3 is 15.8 Å². The van der Waals surface area contributed by atoms with Crippen LogP contribution >= 0.6 is 0 Å². The Morgan fingerprint density at radius 2 is 2.25 bits per heavy atom. The number of rotatable bonds is 7. The Labute approximate surface area is 97.9 Å². The number of nitrogens with two attached hydrogens (primary N) is 1. The van der Waals surface area contributed by atoms with Crippen molar-refractivity contribution >= 4 is 5.91 Å². The molecule has 94 valence electrons. The van der Waals surface area contributed by atoms with E-state index >= 15 is 0 Å². The van der Waals surface area contributed by atoms with Gasteiger partial charge in [-0.2, -0.15) is 0 Å². The Hall–Kier alpha value is -0.610. The first-order valence-corrected chi connectivity index (χ1v) is 6.17. The summed E-state index contributed by atoms with van der Waals surface area (Å²) in [5.74, 6) is 0.0673. The second-order valence-corrected chi connectivity index (χ2v) is 4.90. The third-order valence-electron chi connectivity index (χ3n) is 3.23. The zero-order valence-electron chi connectivity index (χ0n) is 10.4. The molecule has 0 bridgehead atoms. The fourth-order valence-corrected chi connectivity index (χ4v) is 2.15. The van der Waals surface area contributed by atoms with Crippen molar-refractivity contribution in [3.63, 3.8) is 0 Å². The Morgan fingerprint density at radius 1 is 1.56 bits per heavy atom. The van der Waals surface area contributed by atoms with E-state index in [-0.39, 0.29) is 17.5 Å². The van der Waals surface area contributed by atoms with E-state index in [1.807, 2.05) is 0 Å². The third-order valence-corrected chi connectivity index (χ3v) is 3.23. The fraction of sp³-hybridized carbons (Fsp3) is 0.917. The van der Waals surface area contributed by atoms with Crippen LogP contribution in [0.2, 0.25) is 0 Å². The van der Waals surface area contributed by atoms with Crippen molar-refractivity contribution < 1.29 is 9.53 Å². The normalized spacial score (nSPS) is 19.9. The molecule has 0 aromatic heterocycles. The summed E-state index contributed by atoms with van der Waals surface area (Å²) in [6, 6.07) is 0.131. The molecule has 1 unspecified atom stereocenters. The average Bonchev–Trinajstić information content (AvgIpc) is 2.16. The van der Waals surface area contributed by atoms with Gasteiger partial charge in [-0.3, -0.25) is 4.79 Å². The van der Waals surface area contributed by atoms with Gasteiger partial charge in [0.15, 0.2) is 0 Å². The van der Waals surface area contributed by atoms with Gasteiger partial charge in [0, 0.05) is 19.1 Å². The van der Waals surface area contributed by atoms with E-state index in [0.717, 1.165) is 32.1 Å². The van der Waals surface area contributed by atoms with Crippen LogP contribution in [0.4, 0.5) is 0 Å². The Morgan fingerprint density at radius 3 is 2.69 bits per heavy atom. The largest absolute Gasteiger partial charge is 0.383 e. The number of carbonyl (C=O) groups excluding carboxylic acids is 1. The molecule has 3 N–H and O–H groups in total. The molecule has 1 rings (SSSR count). The SMILES string of the molecule is CCCC(COC)NC(=O)CC1(N)CCC1. The van der Waals surface area contributed by atoms with Crippen molar-refractivity contribution in [2.24, 2.45) is 5.73 Å². The first kappa shape index (κ1) is 13.5. The molecule has 1 aliphatic rings. The molecule has 1 aliphatic carbocycles. The maximum atomic E-state index is 11.8. The van der Waals surface area contributed by atoms with Gasteiger partial charge in [-0.05, 0) is 25.7 Å². The third kappa shape index (κ3) is 4.10. The van der Waals surface area contributed by atoms with Crippen LogP contribution in [0.15, 0.2) is 0 Å². The maximum Gasteiger partial charge on any atom is 0.222 e. The zero-order chi connectivity index (χ0) is 12.0. The standard InChI is InChI=1S/C12H24N2O2/c1-3-5-10(9-16-2)14-11(15)8-12(13)6-4-7-12/h10H,3-9,13H2,1-2H3,(H,14,15). The molecule has 1 amide bonds. The number of nitrogens with one attached hydrogen (secondary N) is 1. The summed E-state index contributed by atoms with van der Waals surface area (Å²) < 4.78 is 5.08. The molecule has 0 aromatic rings. The number of hydrogen-bond acceptors (Lipinski definition) is 3. The van der Waals surface area contributed by atoms with Gasteiger partial charge >= 0.3 is 0 Å². The summed E-state index contributed by atoms with van der Waals surface area (Å²) in [6.07, 6.45) is 5.56. The number of amides is 1. The van der Waals surface area contributed by atoms with Crippen molar-refractivity contribution in [2.45, 2.75) is 57.0 Å². The van der Waals surface area contributed by atoms with Crippen LogP contribution in [0.3, 0.4) is 0 Å². The van der Waals surface area contributed by atoms with Gasteiger partial charge in [0.2, 0.25) is 5.91 Å². The minimum atomic E-state index is -0.228. The zero-order valence-corrected chi connectivity index (χ0v) is 10.4. The second-order valence-electron chi connectivity index (χ2n) is 4.90. The summed E-state index contributed by atoms with van der Waals surface area (Å²) in [6.45, 7) is 2.68. The minimum Gasteiger partial charge on any atom is -0.383 e. The quantitative estimate of drug-likeness (QED) is 0.688. The topological polar surface area (TPSA) is 64.3 Å².